The van der Waals surface area contributed by atoms with Gasteiger partial charge in [-0.25, -0.2) is 19.3 Å². The zero-order valence-electron chi connectivity index (χ0n) is 20.4. The minimum atomic E-state index is -0.638. The van der Waals surface area contributed by atoms with Gasteiger partial charge in [-0.3, -0.25) is 14.6 Å². The summed E-state index contributed by atoms with van der Waals surface area (Å²) in [6, 6.07) is 10.0. The van der Waals surface area contributed by atoms with Gasteiger partial charge >= 0.3 is 0 Å². The highest BCUT2D eigenvalue weighted by atomic mass is 19.1. The second-order valence-corrected chi connectivity index (χ2v) is 8.56. The second-order valence-electron chi connectivity index (χ2n) is 8.56. The molecule has 0 saturated heterocycles. The molecule has 0 spiro atoms. The SMILES string of the molecule is Cc1nc(N)cc(-c2ccncc2NC(=O)c2nc(-c3cc(C(=O)NC(C)C)ccc3F)ccc2N)n1. The molecule has 0 fully saturated rings. The van der Waals surface area contributed by atoms with E-state index in [-0.39, 0.29) is 46.0 Å². The van der Waals surface area contributed by atoms with E-state index in [1.165, 1.54) is 36.5 Å². The third-order valence-electron chi connectivity index (χ3n) is 5.27. The van der Waals surface area contributed by atoms with Crippen LogP contribution in [0.4, 0.5) is 21.6 Å². The molecule has 4 aromatic rings. The van der Waals surface area contributed by atoms with Crippen molar-refractivity contribution in [3.05, 3.63) is 77.8 Å². The molecule has 3 aromatic heterocycles. The number of nitrogens with two attached hydrogens (primary N) is 2. The lowest BCUT2D eigenvalue weighted by molar-refractivity contribution is 0.0942. The van der Waals surface area contributed by atoms with Crippen LogP contribution in [0.3, 0.4) is 0 Å². The van der Waals surface area contributed by atoms with Crippen molar-refractivity contribution in [3.8, 4) is 22.5 Å². The highest BCUT2D eigenvalue weighted by molar-refractivity contribution is 6.08. The summed E-state index contributed by atoms with van der Waals surface area (Å²) in [6.07, 6.45) is 3.01. The van der Waals surface area contributed by atoms with Gasteiger partial charge in [0.15, 0.2) is 5.69 Å². The Hall–Kier alpha value is -4.93. The van der Waals surface area contributed by atoms with Gasteiger partial charge in [-0.05, 0) is 57.2 Å². The molecule has 0 aliphatic carbocycles. The molecule has 0 unspecified atom stereocenters. The van der Waals surface area contributed by atoms with Crippen LogP contribution < -0.4 is 22.1 Å². The molecule has 0 aliphatic rings. The smallest absolute Gasteiger partial charge is 0.276 e. The number of nitrogens with one attached hydrogen (secondary N) is 2. The van der Waals surface area contributed by atoms with Crippen molar-refractivity contribution in [2.45, 2.75) is 26.8 Å². The standard InChI is InChI=1S/C26H25FN8O2/c1-13(2)31-25(36)15-4-5-18(27)17(10-15)20-7-6-19(28)24(34-20)26(37)35-22-12-30-9-8-16(22)21-11-23(29)33-14(3)32-21/h4-13H,28H2,1-3H3,(H,31,36)(H,35,37)(H2,29,32,33). The van der Waals surface area contributed by atoms with E-state index in [9.17, 15) is 14.0 Å². The van der Waals surface area contributed by atoms with Crippen molar-refractivity contribution in [2.75, 3.05) is 16.8 Å². The second kappa shape index (κ2) is 10.4. The van der Waals surface area contributed by atoms with Crippen LogP contribution in [-0.4, -0.2) is 37.8 Å². The van der Waals surface area contributed by atoms with Crippen molar-refractivity contribution < 1.29 is 14.0 Å². The van der Waals surface area contributed by atoms with Crippen LogP contribution in [0.1, 0.15) is 40.5 Å². The van der Waals surface area contributed by atoms with E-state index in [0.717, 1.165) is 0 Å². The van der Waals surface area contributed by atoms with Crippen molar-refractivity contribution in [1.82, 2.24) is 25.3 Å². The van der Waals surface area contributed by atoms with Gasteiger partial charge in [-0.2, -0.15) is 0 Å². The van der Waals surface area contributed by atoms with Gasteiger partial charge in [-0.1, -0.05) is 0 Å². The van der Waals surface area contributed by atoms with Crippen molar-refractivity contribution >= 4 is 29.0 Å². The quantitative estimate of drug-likeness (QED) is 0.312. The largest absolute Gasteiger partial charge is 0.397 e. The summed E-state index contributed by atoms with van der Waals surface area (Å²) in [5.74, 6) is -0.845. The van der Waals surface area contributed by atoms with Crippen molar-refractivity contribution in [2.24, 2.45) is 0 Å². The third-order valence-corrected chi connectivity index (χ3v) is 5.27. The molecule has 10 nitrogen and oxygen atoms in total. The maximum atomic E-state index is 14.7. The molecule has 0 bridgehead atoms. The van der Waals surface area contributed by atoms with Crippen LogP contribution in [0.2, 0.25) is 0 Å². The van der Waals surface area contributed by atoms with Gasteiger partial charge in [0.2, 0.25) is 0 Å². The fourth-order valence-corrected chi connectivity index (χ4v) is 3.64. The van der Waals surface area contributed by atoms with E-state index >= 15 is 0 Å². The first-order valence-corrected chi connectivity index (χ1v) is 11.4. The predicted molar refractivity (Wildman–Crippen MR) is 139 cm³/mol. The van der Waals surface area contributed by atoms with Crippen LogP contribution in [0, 0.1) is 12.7 Å². The first-order valence-electron chi connectivity index (χ1n) is 11.4. The molecule has 188 valence electrons. The third kappa shape index (κ3) is 5.67. The molecule has 11 heteroatoms. The molecule has 37 heavy (non-hydrogen) atoms. The fraction of sp³-hybridized carbons (Fsp3) is 0.154. The molecule has 0 aliphatic heterocycles. The molecule has 0 saturated carbocycles. The highest BCUT2D eigenvalue weighted by Gasteiger charge is 2.19. The number of amides is 2. The molecule has 2 amide bonds. The Kier molecular flexibility index (Phi) is 7.05. The number of carbonyl (C=O) groups excluding carboxylic acids is 2. The topological polar surface area (TPSA) is 162 Å². The number of aromatic nitrogens is 4. The van der Waals surface area contributed by atoms with E-state index in [1.54, 1.807) is 25.3 Å². The molecular weight excluding hydrogens is 475 g/mol. The van der Waals surface area contributed by atoms with E-state index in [0.29, 0.717) is 22.8 Å². The van der Waals surface area contributed by atoms with E-state index in [4.69, 9.17) is 11.5 Å². The number of hydrogen-bond donors (Lipinski definition) is 4. The Morgan fingerprint density at radius 3 is 2.43 bits per heavy atom. The number of benzene rings is 1. The molecular formula is C26H25FN8O2. The maximum absolute atomic E-state index is 14.7. The Bertz CT molecular complexity index is 1490. The summed E-state index contributed by atoms with van der Waals surface area (Å²) in [4.78, 5) is 42.5. The first kappa shape index (κ1) is 25.2. The van der Waals surface area contributed by atoms with Gasteiger partial charge in [-0.15, -0.1) is 0 Å². The van der Waals surface area contributed by atoms with Gasteiger partial charge < -0.3 is 22.1 Å². The number of carbonyl (C=O) groups is 2. The fourth-order valence-electron chi connectivity index (χ4n) is 3.64. The molecule has 3 heterocycles. The number of hydrogen-bond acceptors (Lipinski definition) is 8. The maximum Gasteiger partial charge on any atom is 0.276 e. The van der Waals surface area contributed by atoms with Crippen molar-refractivity contribution in [1.29, 1.82) is 0 Å². The summed E-state index contributed by atoms with van der Waals surface area (Å²) in [5, 5.41) is 5.51. The number of aryl methyl sites for hydroxylation is 1. The van der Waals surface area contributed by atoms with Crippen LogP contribution in [0.5, 0.6) is 0 Å². The molecule has 4 rings (SSSR count). The number of anilines is 3. The normalized spacial score (nSPS) is 10.8. The van der Waals surface area contributed by atoms with E-state index in [1.807, 2.05) is 13.8 Å². The number of nitrogens with zero attached hydrogens (tertiary/aromatic N) is 4. The van der Waals surface area contributed by atoms with Crippen LogP contribution in [0.25, 0.3) is 22.5 Å². The summed E-state index contributed by atoms with van der Waals surface area (Å²) in [7, 11) is 0. The number of nitrogen functional groups attached to an aromatic ring is 2. The van der Waals surface area contributed by atoms with E-state index in [2.05, 4.69) is 30.6 Å². The minimum absolute atomic E-state index is 0.0551. The molecule has 0 radical (unpaired) electrons. The van der Waals surface area contributed by atoms with Crippen LogP contribution in [-0.2, 0) is 0 Å². The lowest BCUT2D eigenvalue weighted by atomic mass is 10.0. The number of rotatable bonds is 6. The van der Waals surface area contributed by atoms with E-state index < -0.39 is 11.7 Å². The lowest BCUT2D eigenvalue weighted by Crippen LogP contribution is -2.30. The molecule has 1 aromatic carbocycles. The summed E-state index contributed by atoms with van der Waals surface area (Å²) < 4.78 is 14.7. The Morgan fingerprint density at radius 1 is 0.919 bits per heavy atom. The van der Waals surface area contributed by atoms with Gasteiger partial charge in [0.1, 0.15) is 17.5 Å². The monoisotopic (exact) mass is 500 g/mol. The Balaban J connectivity index is 1.68. The lowest BCUT2D eigenvalue weighted by Gasteiger charge is -2.13. The Morgan fingerprint density at radius 2 is 1.70 bits per heavy atom. The number of pyridine rings is 2. The number of halogens is 1. The predicted octanol–water partition coefficient (Wildman–Crippen LogP) is 3.60. The minimum Gasteiger partial charge on any atom is -0.397 e. The summed E-state index contributed by atoms with van der Waals surface area (Å²) >= 11 is 0. The summed E-state index contributed by atoms with van der Waals surface area (Å²) in [6.45, 7) is 5.35. The first-order chi connectivity index (χ1) is 17.6. The van der Waals surface area contributed by atoms with Gasteiger partial charge in [0.25, 0.3) is 11.8 Å². The summed E-state index contributed by atoms with van der Waals surface area (Å²) in [5.41, 5.74) is 13.7. The zero-order chi connectivity index (χ0) is 26.7. The average Bonchev–Trinajstić information content (AvgIpc) is 2.84. The van der Waals surface area contributed by atoms with Crippen LogP contribution >= 0.6 is 0 Å². The van der Waals surface area contributed by atoms with Crippen molar-refractivity contribution in [3.63, 3.8) is 0 Å². The highest BCUT2D eigenvalue weighted by Crippen LogP contribution is 2.28. The Labute approximate surface area is 212 Å². The molecule has 0 atom stereocenters. The molecule has 6 N–H and O–H groups in total. The van der Waals surface area contributed by atoms with Gasteiger partial charge in [0, 0.05) is 35.0 Å². The van der Waals surface area contributed by atoms with Gasteiger partial charge in [0.05, 0.1) is 29.0 Å². The average molecular weight is 501 g/mol. The zero-order valence-corrected chi connectivity index (χ0v) is 20.4. The van der Waals surface area contributed by atoms with Crippen LogP contribution in [0.15, 0.2) is 54.9 Å².